The average molecular weight is 394 g/mol. The molecule has 10 nitrogen and oxygen atoms in total. The molecule has 1 N–H and O–H groups in total. The van der Waals surface area contributed by atoms with Crippen LogP contribution in [0.4, 0.5) is 5.82 Å². The number of hydrogen-bond acceptors (Lipinski definition) is 9. The van der Waals surface area contributed by atoms with Crippen LogP contribution in [0.1, 0.15) is 32.0 Å². The fraction of sp³-hybridized carbons (Fsp3) is 0.556. The summed E-state index contributed by atoms with van der Waals surface area (Å²) >= 11 is 0. The number of fused-ring (bicyclic) bond motifs is 1. The molecular weight excluding hydrogens is 368 g/mol. The van der Waals surface area contributed by atoms with Gasteiger partial charge in [-0.3, -0.25) is 0 Å². The minimum Gasteiger partial charge on any atom is -0.493 e. The normalized spacial score (nSPS) is 10.6. The molecule has 10 heteroatoms. The second-order valence-electron chi connectivity index (χ2n) is 5.93. The zero-order chi connectivity index (χ0) is 20.5. The van der Waals surface area contributed by atoms with Crippen LogP contribution in [-0.4, -0.2) is 49.5 Å². The maximum Gasteiger partial charge on any atom is 0.294 e. The molecular formula is C18H26N4O6. The van der Waals surface area contributed by atoms with Gasteiger partial charge < -0.3 is 24.4 Å². The van der Waals surface area contributed by atoms with Crippen molar-refractivity contribution in [3.05, 3.63) is 22.0 Å². The van der Waals surface area contributed by atoms with E-state index in [2.05, 4.69) is 20.1 Å². The number of nitrogens with zero attached hydrogens (tertiary/aromatic N) is 3. The van der Waals surface area contributed by atoms with Crippen molar-refractivity contribution < 1.29 is 24.1 Å². The highest BCUT2D eigenvalue weighted by Crippen LogP contribution is 2.44. The minimum absolute atomic E-state index is 0.109. The summed E-state index contributed by atoms with van der Waals surface area (Å²) in [6.07, 6.45) is 2.90. The Bertz CT molecular complexity index is 814. The van der Waals surface area contributed by atoms with Crippen LogP contribution in [-0.2, 0) is 11.3 Å². The zero-order valence-electron chi connectivity index (χ0n) is 16.6. The monoisotopic (exact) mass is 394 g/mol. The SMILES string of the molecule is CCc1nc(NCCCCCO[N+](=O)[O-])c2cc(OC)c(OC)c(OC)c2n1. The summed E-state index contributed by atoms with van der Waals surface area (Å²) in [5.74, 6) is 2.87. The molecule has 1 aromatic carbocycles. The molecule has 0 fully saturated rings. The third kappa shape index (κ3) is 5.02. The van der Waals surface area contributed by atoms with Gasteiger partial charge in [0.1, 0.15) is 17.2 Å². The Labute approximate surface area is 163 Å². The summed E-state index contributed by atoms with van der Waals surface area (Å²) in [6, 6.07) is 1.82. The maximum absolute atomic E-state index is 10.1. The Morgan fingerprint density at radius 3 is 2.43 bits per heavy atom. The van der Waals surface area contributed by atoms with Crippen molar-refractivity contribution >= 4 is 16.7 Å². The lowest BCUT2D eigenvalue weighted by molar-refractivity contribution is -0.757. The summed E-state index contributed by atoms with van der Waals surface area (Å²) in [5, 5.41) is 13.5. The summed E-state index contributed by atoms with van der Waals surface area (Å²) in [4.78, 5) is 23.6. The highest BCUT2D eigenvalue weighted by Gasteiger charge is 2.20. The number of unbranched alkanes of at least 4 members (excludes halogenated alkanes) is 2. The minimum atomic E-state index is -0.771. The molecule has 0 amide bonds. The summed E-state index contributed by atoms with van der Waals surface area (Å²) < 4.78 is 16.4. The number of benzene rings is 1. The summed E-state index contributed by atoms with van der Waals surface area (Å²) in [5.41, 5.74) is 0.647. The molecule has 0 saturated heterocycles. The van der Waals surface area contributed by atoms with E-state index in [0.717, 1.165) is 18.2 Å². The Morgan fingerprint density at radius 1 is 1.07 bits per heavy atom. The predicted octanol–water partition coefficient (Wildman–Crippen LogP) is 3.01. The molecule has 0 aliphatic rings. The lowest BCUT2D eigenvalue weighted by Crippen LogP contribution is -2.08. The van der Waals surface area contributed by atoms with Crippen molar-refractivity contribution in [1.29, 1.82) is 0 Å². The van der Waals surface area contributed by atoms with Gasteiger partial charge in [0.2, 0.25) is 5.75 Å². The molecule has 0 aliphatic heterocycles. The quantitative estimate of drug-likeness (QED) is 0.329. The van der Waals surface area contributed by atoms with E-state index in [1.807, 2.05) is 13.0 Å². The zero-order valence-corrected chi connectivity index (χ0v) is 16.6. The van der Waals surface area contributed by atoms with Gasteiger partial charge in [-0.15, -0.1) is 10.1 Å². The number of aromatic nitrogens is 2. The molecule has 0 spiro atoms. The Balaban J connectivity index is 2.23. The van der Waals surface area contributed by atoms with Gasteiger partial charge in [-0.2, -0.15) is 0 Å². The van der Waals surface area contributed by atoms with Crippen molar-refractivity contribution in [2.75, 3.05) is 39.8 Å². The van der Waals surface area contributed by atoms with Gasteiger partial charge in [0, 0.05) is 13.0 Å². The molecule has 0 radical (unpaired) electrons. The topological polar surface area (TPSA) is 118 Å². The molecule has 1 aromatic heterocycles. The highest BCUT2D eigenvalue weighted by molar-refractivity contribution is 5.96. The fourth-order valence-corrected chi connectivity index (χ4v) is 2.82. The van der Waals surface area contributed by atoms with E-state index in [1.54, 1.807) is 21.3 Å². The third-order valence-corrected chi connectivity index (χ3v) is 4.17. The Morgan fingerprint density at radius 2 is 1.82 bits per heavy atom. The van der Waals surface area contributed by atoms with Crippen LogP contribution in [0.25, 0.3) is 10.9 Å². The van der Waals surface area contributed by atoms with Crippen molar-refractivity contribution in [3.8, 4) is 17.2 Å². The van der Waals surface area contributed by atoms with E-state index in [9.17, 15) is 10.1 Å². The first-order chi connectivity index (χ1) is 13.5. The smallest absolute Gasteiger partial charge is 0.294 e. The molecule has 0 bridgehead atoms. The number of rotatable bonds is 12. The Kier molecular flexibility index (Phi) is 7.85. The van der Waals surface area contributed by atoms with E-state index in [-0.39, 0.29) is 6.61 Å². The van der Waals surface area contributed by atoms with Gasteiger partial charge in [0.25, 0.3) is 5.09 Å². The van der Waals surface area contributed by atoms with Crippen LogP contribution in [0.3, 0.4) is 0 Å². The van der Waals surface area contributed by atoms with E-state index in [1.165, 1.54) is 0 Å². The first-order valence-electron chi connectivity index (χ1n) is 9.06. The predicted molar refractivity (Wildman–Crippen MR) is 104 cm³/mol. The molecule has 154 valence electrons. The summed E-state index contributed by atoms with van der Waals surface area (Å²) in [7, 11) is 4.67. The van der Waals surface area contributed by atoms with Crippen LogP contribution < -0.4 is 19.5 Å². The Hall–Kier alpha value is -3.04. The van der Waals surface area contributed by atoms with Crippen molar-refractivity contribution in [2.24, 2.45) is 0 Å². The van der Waals surface area contributed by atoms with Gasteiger partial charge >= 0.3 is 0 Å². The van der Waals surface area contributed by atoms with Crippen molar-refractivity contribution in [2.45, 2.75) is 32.6 Å². The third-order valence-electron chi connectivity index (χ3n) is 4.17. The molecule has 2 aromatic rings. The second-order valence-corrected chi connectivity index (χ2v) is 5.93. The van der Waals surface area contributed by atoms with Crippen LogP contribution in [0.2, 0.25) is 0 Å². The first kappa shape index (κ1) is 21.3. The van der Waals surface area contributed by atoms with E-state index < -0.39 is 5.09 Å². The number of aryl methyl sites for hydroxylation is 1. The number of nitrogens with one attached hydrogen (secondary N) is 1. The molecule has 28 heavy (non-hydrogen) atoms. The summed E-state index contributed by atoms with van der Waals surface area (Å²) in [6.45, 7) is 2.75. The lowest BCUT2D eigenvalue weighted by atomic mass is 10.1. The van der Waals surface area contributed by atoms with Gasteiger partial charge in [-0.05, 0) is 25.3 Å². The van der Waals surface area contributed by atoms with Crippen LogP contribution in [0.5, 0.6) is 17.2 Å². The fourth-order valence-electron chi connectivity index (χ4n) is 2.82. The molecule has 0 atom stereocenters. The van der Waals surface area contributed by atoms with Gasteiger partial charge in [-0.1, -0.05) is 6.92 Å². The van der Waals surface area contributed by atoms with Crippen molar-refractivity contribution in [3.63, 3.8) is 0 Å². The second kappa shape index (κ2) is 10.3. The van der Waals surface area contributed by atoms with Gasteiger partial charge in [0.15, 0.2) is 11.5 Å². The molecule has 1 heterocycles. The molecule has 2 rings (SSSR count). The number of anilines is 1. The van der Waals surface area contributed by atoms with E-state index >= 15 is 0 Å². The van der Waals surface area contributed by atoms with Gasteiger partial charge in [0.05, 0.1) is 33.3 Å². The van der Waals surface area contributed by atoms with Crippen LogP contribution in [0, 0.1) is 10.1 Å². The van der Waals surface area contributed by atoms with Crippen molar-refractivity contribution in [1.82, 2.24) is 9.97 Å². The average Bonchev–Trinajstić information content (AvgIpc) is 2.70. The largest absolute Gasteiger partial charge is 0.493 e. The standard InChI is InChI=1S/C18H26N4O6/c1-5-14-20-15-12(11-13(25-2)16(26-3)17(15)27-4)18(21-14)19-9-7-6-8-10-28-22(23)24/h11H,5-10H2,1-4H3,(H,19,20,21). The highest BCUT2D eigenvalue weighted by atomic mass is 16.9. The molecule has 0 aliphatic carbocycles. The first-order valence-corrected chi connectivity index (χ1v) is 9.06. The molecule has 0 saturated carbocycles. The van der Waals surface area contributed by atoms with Crippen LogP contribution >= 0.6 is 0 Å². The number of methoxy groups -OCH3 is 3. The molecule has 0 unspecified atom stereocenters. The van der Waals surface area contributed by atoms with E-state index in [0.29, 0.717) is 53.8 Å². The number of hydrogen-bond donors (Lipinski definition) is 1. The maximum atomic E-state index is 10.1. The number of ether oxygens (including phenoxy) is 3. The van der Waals surface area contributed by atoms with E-state index in [4.69, 9.17) is 14.2 Å². The van der Waals surface area contributed by atoms with Gasteiger partial charge in [-0.25, -0.2) is 9.97 Å². The lowest BCUT2D eigenvalue weighted by Gasteiger charge is -2.17. The van der Waals surface area contributed by atoms with Crippen LogP contribution in [0.15, 0.2) is 6.07 Å².